The van der Waals surface area contributed by atoms with Crippen LogP contribution in [0.15, 0.2) is 24.5 Å². The molecule has 0 fully saturated rings. The van der Waals surface area contributed by atoms with Gasteiger partial charge in [-0.2, -0.15) is 5.10 Å². The van der Waals surface area contributed by atoms with Crippen molar-refractivity contribution >= 4 is 5.82 Å². The molecule has 2 aromatic heterocycles. The molecule has 0 radical (unpaired) electrons. The first kappa shape index (κ1) is 10.7. The molecule has 0 saturated carbocycles. The van der Waals surface area contributed by atoms with Crippen molar-refractivity contribution in [2.75, 3.05) is 5.73 Å². The summed E-state index contributed by atoms with van der Waals surface area (Å²) < 4.78 is 1.83. The van der Waals surface area contributed by atoms with Gasteiger partial charge in [0.2, 0.25) is 0 Å². The summed E-state index contributed by atoms with van der Waals surface area (Å²) in [7, 11) is 1.93. The standard InChI is InChI=1S/C12H16N4/c1-8(2)12-10(7-16(3)15-12)9-4-5-11(13)14-6-9/h4-8H,1-3H3,(H2,13,14). The topological polar surface area (TPSA) is 56.7 Å². The largest absolute Gasteiger partial charge is 0.384 e. The summed E-state index contributed by atoms with van der Waals surface area (Å²) in [5, 5.41) is 4.47. The van der Waals surface area contributed by atoms with E-state index in [0.29, 0.717) is 11.7 Å². The lowest BCUT2D eigenvalue weighted by atomic mass is 10.0. The van der Waals surface area contributed by atoms with Gasteiger partial charge in [0.15, 0.2) is 0 Å². The molecular formula is C12H16N4. The highest BCUT2D eigenvalue weighted by Crippen LogP contribution is 2.27. The Labute approximate surface area is 95.1 Å². The molecule has 0 aromatic carbocycles. The zero-order valence-corrected chi connectivity index (χ0v) is 9.81. The molecule has 0 amide bonds. The van der Waals surface area contributed by atoms with Gasteiger partial charge in [0.05, 0.1) is 5.69 Å². The molecular weight excluding hydrogens is 200 g/mol. The molecule has 0 aliphatic heterocycles. The summed E-state index contributed by atoms with van der Waals surface area (Å²) in [6.07, 6.45) is 3.81. The molecule has 0 bridgehead atoms. The maximum absolute atomic E-state index is 5.58. The average Bonchev–Trinajstić information content (AvgIpc) is 2.61. The van der Waals surface area contributed by atoms with Gasteiger partial charge >= 0.3 is 0 Å². The van der Waals surface area contributed by atoms with Crippen molar-refractivity contribution in [1.82, 2.24) is 14.8 Å². The van der Waals surface area contributed by atoms with Crippen molar-refractivity contribution < 1.29 is 0 Å². The molecule has 2 heterocycles. The molecule has 0 spiro atoms. The minimum atomic E-state index is 0.397. The number of pyridine rings is 1. The normalized spacial score (nSPS) is 11.0. The van der Waals surface area contributed by atoms with Crippen LogP contribution >= 0.6 is 0 Å². The fourth-order valence-electron chi connectivity index (χ4n) is 1.72. The fourth-order valence-corrected chi connectivity index (χ4v) is 1.72. The van der Waals surface area contributed by atoms with Crippen LogP contribution in [0.4, 0.5) is 5.82 Å². The molecule has 2 rings (SSSR count). The zero-order valence-electron chi connectivity index (χ0n) is 9.81. The van der Waals surface area contributed by atoms with Crippen LogP contribution in [0.3, 0.4) is 0 Å². The number of rotatable bonds is 2. The van der Waals surface area contributed by atoms with Crippen molar-refractivity contribution in [3.63, 3.8) is 0 Å². The van der Waals surface area contributed by atoms with Crippen LogP contribution in [0.1, 0.15) is 25.5 Å². The van der Waals surface area contributed by atoms with Gasteiger partial charge in [-0.3, -0.25) is 4.68 Å². The van der Waals surface area contributed by atoms with Crippen LogP contribution in [-0.4, -0.2) is 14.8 Å². The van der Waals surface area contributed by atoms with Gasteiger partial charge in [-0.15, -0.1) is 0 Å². The Morgan fingerprint density at radius 2 is 2.06 bits per heavy atom. The zero-order chi connectivity index (χ0) is 11.7. The Hall–Kier alpha value is -1.84. The summed E-state index contributed by atoms with van der Waals surface area (Å²) in [5.74, 6) is 0.937. The molecule has 4 heteroatoms. The second-order valence-corrected chi connectivity index (χ2v) is 4.23. The van der Waals surface area contributed by atoms with Crippen LogP contribution in [0.25, 0.3) is 11.1 Å². The number of nitrogens with zero attached hydrogens (tertiary/aromatic N) is 3. The highest BCUT2D eigenvalue weighted by molar-refractivity contribution is 5.65. The number of anilines is 1. The Morgan fingerprint density at radius 1 is 1.31 bits per heavy atom. The third-order valence-corrected chi connectivity index (χ3v) is 2.50. The van der Waals surface area contributed by atoms with E-state index in [0.717, 1.165) is 16.8 Å². The molecule has 0 aliphatic carbocycles. The van der Waals surface area contributed by atoms with Crippen molar-refractivity contribution in [2.24, 2.45) is 7.05 Å². The molecule has 0 saturated heterocycles. The van der Waals surface area contributed by atoms with Crippen LogP contribution in [-0.2, 0) is 7.05 Å². The highest BCUT2D eigenvalue weighted by atomic mass is 15.3. The van der Waals surface area contributed by atoms with E-state index in [4.69, 9.17) is 5.73 Å². The Morgan fingerprint density at radius 3 is 2.62 bits per heavy atom. The van der Waals surface area contributed by atoms with Gasteiger partial charge in [-0.1, -0.05) is 13.8 Å². The van der Waals surface area contributed by atoms with E-state index < -0.39 is 0 Å². The van der Waals surface area contributed by atoms with Crippen molar-refractivity contribution in [1.29, 1.82) is 0 Å². The van der Waals surface area contributed by atoms with Crippen LogP contribution in [0.2, 0.25) is 0 Å². The lowest BCUT2D eigenvalue weighted by Gasteiger charge is -2.04. The predicted molar refractivity (Wildman–Crippen MR) is 64.9 cm³/mol. The van der Waals surface area contributed by atoms with E-state index in [1.807, 2.05) is 30.1 Å². The molecule has 0 atom stereocenters. The van der Waals surface area contributed by atoms with Crippen LogP contribution in [0.5, 0.6) is 0 Å². The summed E-state index contributed by atoms with van der Waals surface area (Å²) in [4.78, 5) is 4.11. The first-order chi connectivity index (χ1) is 7.58. The number of hydrogen-bond donors (Lipinski definition) is 1. The van der Waals surface area contributed by atoms with Crippen LogP contribution in [0, 0.1) is 0 Å². The van der Waals surface area contributed by atoms with Gasteiger partial charge in [0, 0.05) is 30.6 Å². The third-order valence-electron chi connectivity index (χ3n) is 2.50. The molecule has 0 aliphatic rings. The van der Waals surface area contributed by atoms with Gasteiger partial charge < -0.3 is 5.73 Å². The van der Waals surface area contributed by atoms with Gasteiger partial charge in [0.25, 0.3) is 0 Å². The summed E-state index contributed by atoms with van der Waals surface area (Å²) in [6.45, 7) is 4.27. The lowest BCUT2D eigenvalue weighted by Crippen LogP contribution is -1.94. The summed E-state index contributed by atoms with van der Waals surface area (Å²) in [5.41, 5.74) is 8.86. The van der Waals surface area contributed by atoms with Crippen molar-refractivity contribution in [2.45, 2.75) is 19.8 Å². The maximum Gasteiger partial charge on any atom is 0.123 e. The average molecular weight is 216 g/mol. The van der Waals surface area contributed by atoms with Crippen molar-refractivity contribution in [3.05, 3.63) is 30.2 Å². The van der Waals surface area contributed by atoms with E-state index >= 15 is 0 Å². The predicted octanol–water partition coefficient (Wildman–Crippen LogP) is 2.19. The fraction of sp³-hybridized carbons (Fsp3) is 0.333. The Kier molecular flexibility index (Phi) is 2.64. The SMILES string of the molecule is CC(C)c1nn(C)cc1-c1ccc(N)nc1. The second kappa shape index (κ2) is 3.96. The quantitative estimate of drug-likeness (QED) is 0.837. The number of hydrogen-bond acceptors (Lipinski definition) is 3. The van der Waals surface area contributed by atoms with Gasteiger partial charge in [-0.25, -0.2) is 4.98 Å². The van der Waals surface area contributed by atoms with E-state index in [9.17, 15) is 0 Å². The van der Waals surface area contributed by atoms with E-state index in [2.05, 4.69) is 23.9 Å². The van der Waals surface area contributed by atoms with Gasteiger partial charge in [-0.05, 0) is 18.1 Å². The van der Waals surface area contributed by atoms with E-state index in [1.165, 1.54) is 0 Å². The molecule has 2 aromatic rings. The molecule has 16 heavy (non-hydrogen) atoms. The number of nitrogens with two attached hydrogens (primary N) is 1. The monoisotopic (exact) mass is 216 g/mol. The molecule has 4 nitrogen and oxygen atoms in total. The number of nitrogen functional groups attached to an aromatic ring is 1. The first-order valence-electron chi connectivity index (χ1n) is 5.33. The van der Waals surface area contributed by atoms with Crippen molar-refractivity contribution in [3.8, 4) is 11.1 Å². The smallest absolute Gasteiger partial charge is 0.123 e. The number of aromatic nitrogens is 3. The molecule has 0 unspecified atom stereocenters. The Balaban J connectivity index is 2.50. The third kappa shape index (κ3) is 1.91. The molecule has 2 N–H and O–H groups in total. The Bertz CT molecular complexity index is 482. The lowest BCUT2D eigenvalue weighted by molar-refractivity contribution is 0.713. The summed E-state index contributed by atoms with van der Waals surface area (Å²) >= 11 is 0. The molecule has 84 valence electrons. The number of aryl methyl sites for hydroxylation is 1. The van der Waals surface area contributed by atoms with E-state index in [1.54, 1.807) is 6.20 Å². The minimum absolute atomic E-state index is 0.397. The maximum atomic E-state index is 5.58. The second-order valence-electron chi connectivity index (χ2n) is 4.23. The van der Waals surface area contributed by atoms with Crippen LogP contribution < -0.4 is 5.73 Å². The highest BCUT2D eigenvalue weighted by Gasteiger charge is 2.12. The summed E-state index contributed by atoms with van der Waals surface area (Å²) in [6, 6.07) is 3.79. The van der Waals surface area contributed by atoms with E-state index in [-0.39, 0.29) is 0 Å². The van der Waals surface area contributed by atoms with Gasteiger partial charge in [0.1, 0.15) is 5.82 Å². The minimum Gasteiger partial charge on any atom is -0.384 e. The first-order valence-corrected chi connectivity index (χ1v) is 5.33.